The van der Waals surface area contributed by atoms with E-state index in [1.165, 1.54) is 12.8 Å². The summed E-state index contributed by atoms with van der Waals surface area (Å²) in [6, 6.07) is 0.331. The highest BCUT2D eigenvalue weighted by Crippen LogP contribution is 2.35. The second-order valence-electron chi connectivity index (χ2n) is 5.36. The van der Waals surface area contributed by atoms with Gasteiger partial charge in [-0.2, -0.15) is 0 Å². The standard InChI is InChI=1S/C14H29NO2/c1-5-10-15-13(11-17-12(2)3)14(16-4)8-6-7-9-14/h12-13,15H,5-11H2,1-4H3. The molecule has 0 radical (unpaired) electrons. The van der Waals surface area contributed by atoms with Crippen molar-refractivity contribution in [2.45, 2.75) is 70.6 Å². The normalized spacial score (nSPS) is 21.0. The molecule has 0 aromatic carbocycles. The Balaban J connectivity index is 2.58. The van der Waals surface area contributed by atoms with Gasteiger partial charge in [-0.15, -0.1) is 0 Å². The SMILES string of the molecule is CCCNC(COC(C)C)C1(OC)CCCC1. The van der Waals surface area contributed by atoms with Gasteiger partial charge in [0.2, 0.25) is 0 Å². The van der Waals surface area contributed by atoms with Crippen LogP contribution in [0.4, 0.5) is 0 Å². The molecule has 17 heavy (non-hydrogen) atoms. The molecule has 1 N–H and O–H groups in total. The summed E-state index contributed by atoms with van der Waals surface area (Å²) in [6.45, 7) is 8.17. The zero-order valence-electron chi connectivity index (χ0n) is 11.9. The molecule has 0 aromatic rings. The molecule has 1 rings (SSSR count). The van der Waals surface area contributed by atoms with Crippen molar-refractivity contribution in [3.63, 3.8) is 0 Å². The highest BCUT2D eigenvalue weighted by atomic mass is 16.5. The maximum absolute atomic E-state index is 5.85. The largest absolute Gasteiger partial charge is 0.377 e. The average Bonchev–Trinajstić information content (AvgIpc) is 2.78. The fraction of sp³-hybridized carbons (Fsp3) is 1.00. The van der Waals surface area contributed by atoms with Crippen molar-refractivity contribution in [2.75, 3.05) is 20.3 Å². The zero-order chi connectivity index (χ0) is 12.7. The van der Waals surface area contributed by atoms with E-state index in [1.54, 1.807) is 0 Å². The molecule has 102 valence electrons. The minimum Gasteiger partial charge on any atom is -0.377 e. The Bertz CT molecular complexity index is 200. The van der Waals surface area contributed by atoms with Gasteiger partial charge < -0.3 is 14.8 Å². The van der Waals surface area contributed by atoms with Crippen LogP contribution in [-0.2, 0) is 9.47 Å². The van der Waals surface area contributed by atoms with Crippen LogP contribution >= 0.6 is 0 Å². The minimum absolute atomic E-state index is 0.00403. The van der Waals surface area contributed by atoms with Crippen LogP contribution in [0.3, 0.4) is 0 Å². The van der Waals surface area contributed by atoms with E-state index >= 15 is 0 Å². The van der Waals surface area contributed by atoms with Gasteiger partial charge in [-0.25, -0.2) is 0 Å². The van der Waals surface area contributed by atoms with E-state index in [1.807, 2.05) is 7.11 Å². The van der Waals surface area contributed by atoms with Crippen molar-refractivity contribution in [3.8, 4) is 0 Å². The number of hydrogen-bond donors (Lipinski definition) is 1. The van der Waals surface area contributed by atoms with Crippen LogP contribution in [0, 0.1) is 0 Å². The lowest BCUT2D eigenvalue weighted by atomic mass is 9.92. The van der Waals surface area contributed by atoms with E-state index in [9.17, 15) is 0 Å². The monoisotopic (exact) mass is 243 g/mol. The molecule has 3 nitrogen and oxygen atoms in total. The lowest BCUT2D eigenvalue weighted by Crippen LogP contribution is -2.53. The number of ether oxygens (including phenoxy) is 2. The van der Waals surface area contributed by atoms with E-state index in [-0.39, 0.29) is 11.7 Å². The molecule has 1 aliphatic rings. The molecule has 1 unspecified atom stereocenters. The smallest absolute Gasteiger partial charge is 0.0853 e. The van der Waals surface area contributed by atoms with Gasteiger partial charge in [-0.3, -0.25) is 0 Å². The van der Waals surface area contributed by atoms with Gasteiger partial charge in [-0.05, 0) is 39.7 Å². The van der Waals surface area contributed by atoms with Crippen LogP contribution in [0.15, 0.2) is 0 Å². The number of hydrogen-bond acceptors (Lipinski definition) is 3. The third-order valence-corrected chi connectivity index (χ3v) is 3.73. The Morgan fingerprint density at radius 3 is 2.35 bits per heavy atom. The molecule has 0 aliphatic heterocycles. The number of rotatable bonds is 8. The Morgan fingerprint density at radius 1 is 1.24 bits per heavy atom. The van der Waals surface area contributed by atoms with E-state index < -0.39 is 0 Å². The van der Waals surface area contributed by atoms with Crippen molar-refractivity contribution in [3.05, 3.63) is 0 Å². The van der Waals surface area contributed by atoms with E-state index in [0.717, 1.165) is 32.4 Å². The second kappa shape index (κ2) is 7.34. The maximum Gasteiger partial charge on any atom is 0.0853 e. The Hall–Kier alpha value is -0.120. The fourth-order valence-electron chi connectivity index (χ4n) is 2.67. The van der Waals surface area contributed by atoms with Crippen molar-refractivity contribution in [1.29, 1.82) is 0 Å². The molecule has 0 bridgehead atoms. The maximum atomic E-state index is 5.85. The van der Waals surface area contributed by atoms with Crippen LogP contribution in [0.5, 0.6) is 0 Å². The van der Waals surface area contributed by atoms with Crippen molar-refractivity contribution >= 4 is 0 Å². The molecule has 1 saturated carbocycles. The van der Waals surface area contributed by atoms with Crippen molar-refractivity contribution in [2.24, 2.45) is 0 Å². The first-order valence-electron chi connectivity index (χ1n) is 7.04. The van der Waals surface area contributed by atoms with Crippen LogP contribution in [-0.4, -0.2) is 38.0 Å². The highest BCUT2D eigenvalue weighted by Gasteiger charge is 2.41. The third-order valence-electron chi connectivity index (χ3n) is 3.73. The van der Waals surface area contributed by atoms with Gasteiger partial charge in [0.15, 0.2) is 0 Å². The minimum atomic E-state index is 0.00403. The first-order valence-corrected chi connectivity index (χ1v) is 7.04. The summed E-state index contributed by atoms with van der Waals surface area (Å²) >= 11 is 0. The summed E-state index contributed by atoms with van der Waals surface area (Å²) in [4.78, 5) is 0. The summed E-state index contributed by atoms with van der Waals surface area (Å²) in [5.41, 5.74) is 0.00403. The molecule has 1 atom stereocenters. The van der Waals surface area contributed by atoms with Crippen LogP contribution in [0.25, 0.3) is 0 Å². The molecule has 0 saturated heterocycles. The number of nitrogens with one attached hydrogen (secondary N) is 1. The van der Waals surface area contributed by atoms with Crippen LogP contribution in [0.2, 0.25) is 0 Å². The second-order valence-corrected chi connectivity index (χ2v) is 5.36. The molecule has 1 aliphatic carbocycles. The van der Waals surface area contributed by atoms with Crippen molar-refractivity contribution < 1.29 is 9.47 Å². The lowest BCUT2D eigenvalue weighted by molar-refractivity contribution is -0.0671. The Labute approximate surface area is 106 Å². The summed E-state index contributed by atoms with van der Waals surface area (Å²) in [5, 5.41) is 3.61. The quantitative estimate of drug-likeness (QED) is 0.711. The Kier molecular flexibility index (Phi) is 6.45. The molecular formula is C14H29NO2. The Morgan fingerprint density at radius 2 is 1.88 bits per heavy atom. The number of methoxy groups -OCH3 is 1. The average molecular weight is 243 g/mol. The summed E-state index contributed by atoms with van der Waals surface area (Å²) < 4.78 is 11.6. The molecular weight excluding hydrogens is 214 g/mol. The van der Waals surface area contributed by atoms with Gasteiger partial charge in [-0.1, -0.05) is 19.8 Å². The molecule has 0 spiro atoms. The molecule has 3 heteroatoms. The van der Waals surface area contributed by atoms with E-state index in [2.05, 4.69) is 26.1 Å². The van der Waals surface area contributed by atoms with Gasteiger partial charge >= 0.3 is 0 Å². The first kappa shape index (κ1) is 14.9. The first-order chi connectivity index (χ1) is 8.14. The van der Waals surface area contributed by atoms with Crippen LogP contribution < -0.4 is 5.32 Å². The topological polar surface area (TPSA) is 30.5 Å². The fourth-order valence-corrected chi connectivity index (χ4v) is 2.67. The van der Waals surface area contributed by atoms with E-state index in [0.29, 0.717) is 6.04 Å². The predicted molar refractivity (Wildman–Crippen MR) is 71.4 cm³/mol. The summed E-state index contributed by atoms with van der Waals surface area (Å²) in [5.74, 6) is 0. The van der Waals surface area contributed by atoms with Crippen LogP contribution in [0.1, 0.15) is 52.9 Å². The summed E-state index contributed by atoms with van der Waals surface area (Å²) in [6.07, 6.45) is 6.31. The molecule has 1 fully saturated rings. The predicted octanol–water partition coefficient (Wildman–Crippen LogP) is 2.74. The van der Waals surface area contributed by atoms with Gasteiger partial charge in [0.1, 0.15) is 0 Å². The lowest BCUT2D eigenvalue weighted by Gasteiger charge is -2.37. The van der Waals surface area contributed by atoms with Gasteiger partial charge in [0, 0.05) is 7.11 Å². The van der Waals surface area contributed by atoms with Crippen molar-refractivity contribution in [1.82, 2.24) is 5.32 Å². The molecule has 0 amide bonds. The highest BCUT2D eigenvalue weighted by molar-refractivity contribution is 4.97. The van der Waals surface area contributed by atoms with E-state index in [4.69, 9.17) is 9.47 Å². The summed E-state index contributed by atoms with van der Waals surface area (Å²) in [7, 11) is 1.85. The van der Waals surface area contributed by atoms with Gasteiger partial charge in [0.25, 0.3) is 0 Å². The third kappa shape index (κ3) is 4.23. The molecule has 0 heterocycles. The zero-order valence-corrected chi connectivity index (χ0v) is 11.9. The molecule has 0 aromatic heterocycles. The van der Waals surface area contributed by atoms with Gasteiger partial charge in [0.05, 0.1) is 24.4 Å².